The van der Waals surface area contributed by atoms with E-state index in [2.05, 4.69) is 4.18 Å². The molecule has 0 aliphatic rings. The second kappa shape index (κ2) is 4.23. The van der Waals surface area contributed by atoms with Gasteiger partial charge in [0.2, 0.25) is 0 Å². The van der Waals surface area contributed by atoms with E-state index in [0.717, 1.165) is 24.2 Å². The van der Waals surface area contributed by atoms with Crippen molar-refractivity contribution in [2.24, 2.45) is 0 Å². The molecule has 2 nitrogen and oxygen atoms in total. The Hall–Kier alpha value is -1.10. The van der Waals surface area contributed by atoms with Gasteiger partial charge in [-0.25, -0.2) is 13.6 Å². The van der Waals surface area contributed by atoms with Crippen molar-refractivity contribution < 1.29 is 17.8 Å². The molecule has 70 valence electrons. The zero-order chi connectivity index (χ0) is 9.84. The van der Waals surface area contributed by atoms with Gasteiger partial charge in [0, 0.05) is 12.3 Å². The van der Waals surface area contributed by atoms with Crippen molar-refractivity contribution in [3.05, 3.63) is 35.4 Å². The number of rotatable bonds is 2. The van der Waals surface area contributed by atoms with Gasteiger partial charge in [-0.15, -0.1) is 0 Å². The molecule has 0 saturated carbocycles. The van der Waals surface area contributed by atoms with E-state index in [1.165, 1.54) is 6.26 Å². The standard InChI is InChI=1S/C8H6F2O2S/c1-13-12-8(11)5-2-6(9)4-7(10)3-5/h2-4H,1H3. The Morgan fingerprint density at radius 3 is 2.31 bits per heavy atom. The van der Waals surface area contributed by atoms with Crippen molar-refractivity contribution in [2.45, 2.75) is 0 Å². The molecule has 5 heteroatoms. The first-order valence-corrected chi connectivity index (χ1v) is 4.49. The summed E-state index contributed by atoms with van der Waals surface area (Å²) in [6, 6.07) is 2.53. The predicted octanol–water partition coefficient (Wildman–Crippen LogP) is 2.40. The molecule has 0 atom stereocenters. The van der Waals surface area contributed by atoms with E-state index in [4.69, 9.17) is 0 Å². The lowest BCUT2D eigenvalue weighted by Gasteiger charge is -1.99. The van der Waals surface area contributed by atoms with E-state index in [0.29, 0.717) is 6.07 Å². The van der Waals surface area contributed by atoms with Crippen LogP contribution in [0.4, 0.5) is 8.78 Å². The summed E-state index contributed by atoms with van der Waals surface area (Å²) in [7, 11) is 0. The van der Waals surface area contributed by atoms with Crippen LogP contribution < -0.4 is 0 Å². The number of hydrogen-bond acceptors (Lipinski definition) is 3. The smallest absolute Gasteiger partial charge is 0.350 e. The number of carbonyl (C=O) groups is 1. The predicted molar refractivity (Wildman–Crippen MR) is 45.3 cm³/mol. The molecule has 0 amide bonds. The summed E-state index contributed by atoms with van der Waals surface area (Å²) in [6.45, 7) is 0. The molecule has 0 aliphatic carbocycles. The average molecular weight is 204 g/mol. The minimum Gasteiger partial charge on any atom is -0.388 e. The molecule has 13 heavy (non-hydrogen) atoms. The highest BCUT2D eigenvalue weighted by Crippen LogP contribution is 2.11. The van der Waals surface area contributed by atoms with Gasteiger partial charge < -0.3 is 4.18 Å². The summed E-state index contributed by atoms with van der Waals surface area (Å²) in [5.41, 5.74) is -0.133. The van der Waals surface area contributed by atoms with Crippen LogP contribution in [-0.4, -0.2) is 12.2 Å². The first-order chi connectivity index (χ1) is 6.13. The Kier molecular flexibility index (Phi) is 3.25. The van der Waals surface area contributed by atoms with Crippen LogP contribution in [0.5, 0.6) is 0 Å². The second-order valence-corrected chi connectivity index (χ2v) is 2.70. The largest absolute Gasteiger partial charge is 0.388 e. The van der Waals surface area contributed by atoms with Crippen LogP contribution in [0.2, 0.25) is 0 Å². The molecule has 0 N–H and O–H groups in total. The Bertz CT molecular complexity index is 308. The Balaban J connectivity index is 2.94. The zero-order valence-corrected chi connectivity index (χ0v) is 7.53. The highest BCUT2D eigenvalue weighted by Gasteiger charge is 2.09. The summed E-state index contributed by atoms with van der Waals surface area (Å²) in [5, 5.41) is 0. The van der Waals surface area contributed by atoms with E-state index in [9.17, 15) is 13.6 Å². The lowest BCUT2D eigenvalue weighted by atomic mass is 10.2. The lowest BCUT2D eigenvalue weighted by Crippen LogP contribution is -2.00. The van der Waals surface area contributed by atoms with Crippen LogP contribution in [0.3, 0.4) is 0 Å². The molecule has 0 unspecified atom stereocenters. The lowest BCUT2D eigenvalue weighted by molar-refractivity contribution is 0.0768. The monoisotopic (exact) mass is 204 g/mol. The summed E-state index contributed by atoms with van der Waals surface area (Å²) >= 11 is 0.822. The van der Waals surface area contributed by atoms with Crippen LogP contribution in [-0.2, 0) is 4.18 Å². The molecule has 1 aromatic carbocycles. The van der Waals surface area contributed by atoms with Crippen molar-refractivity contribution in [2.75, 3.05) is 6.26 Å². The SMILES string of the molecule is CSOC(=O)c1cc(F)cc(F)c1. The molecule has 1 aromatic rings. The first-order valence-electron chi connectivity index (χ1n) is 3.34. The molecule has 0 aromatic heterocycles. The molecular weight excluding hydrogens is 198 g/mol. The summed E-state index contributed by atoms with van der Waals surface area (Å²) in [4.78, 5) is 11.0. The molecule has 0 fully saturated rings. The molecule has 0 aliphatic heterocycles. The maximum Gasteiger partial charge on any atom is 0.350 e. The summed E-state index contributed by atoms with van der Waals surface area (Å²) < 4.78 is 29.6. The van der Waals surface area contributed by atoms with E-state index in [1.807, 2.05) is 0 Å². The maximum absolute atomic E-state index is 12.6. The quantitative estimate of drug-likeness (QED) is 0.692. The second-order valence-electron chi connectivity index (χ2n) is 2.20. The minimum atomic E-state index is -0.798. The minimum absolute atomic E-state index is 0.133. The van der Waals surface area contributed by atoms with Crippen LogP contribution in [0.1, 0.15) is 10.4 Å². The number of benzene rings is 1. The van der Waals surface area contributed by atoms with E-state index < -0.39 is 17.6 Å². The van der Waals surface area contributed by atoms with Gasteiger partial charge in [-0.1, -0.05) is 0 Å². The number of hydrogen-bond donors (Lipinski definition) is 0. The van der Waals surface area contributed by atoms with Gasteiger partial charge in [0.05, 0.1) is 17.6 Å². The Morgan fingerprint density at radius 2 is 1.85 bits per heavy atom. The fraction of sp³-hybridized carbons (Fsp3) is 0.125. The number of carbonyl (C=O) groups excluding carboxylic acids is 1. The van der Waals surface area contributed by atoms with Gasteiger partial charge >= 0.3 is 5.97 Å². The van der Waals surface area contributed by atoms with Gasteiger partial charge in [-0.3, -0.25) is 0 Å². The van der Waals surface area contributed by atoms with Gasteiger partial charge in [0.1, 0.15) is 11.6 Å². The third kappa shape index (κ3) is 2.69. The normalized spacial score (nSPS) is 9.77. The van der Waals surface area contributed by atoms with Crippen LogP contribution in [0, 0.1) is 11.6 Å². The van der Waals surface area contributed by atoms with Crippen LogP contribution in [0.15, 0.2) is 18.2 Å². The first kappa shape index (κ1) is 9.98. The van der Waals surface area contributed by atoms with Gasteiger partial charge in [-0.2, -0.15) is 0 Å². The molecule has 0 bridgehead atoms. The van der Waals surface area contributed by atoms with Gasteiger partial charge in [0.25, 0.3) is 0 Å². The van der Waals surface area contributed by atoms with Crippen molar-refractivity contribution in [1.82, 2.24) is 0 Å². The fourth-order valence-electron chi connectivity index (χ4n) is 0.795. The molecule has 0 radical (unpaired) electrons. The third-order valence-corrected chi connectivity index (χ3v) is 1.58. The molecular formula is C8H6F2O2S. The number of halogens is 2. The van der Waals surface area contributed by atoms with E-state index in [1.54, 1.807) is 0 Å². The van der Waals surface area contributed by atoms with E-state index in [-0.39, 0.29) is 5.56 Å². The zero-order valence-electron chi connectivity index (χ0n) is 6.71. The summed E-state index contributed by atoms with van der Waals surface area (Å²) in [6.07, 6.45) is 1.54. The highest BCUT2D eigenvalue weighted by molar-refractivity contribution is 7.94. The molecule has 0 heterocycles. The maximum atomic E-state index is 12.6. The Labute approximate surface area is 78.1 Å². The van der Waals surface area contributed by atoms with Gasteiger partial charge in [-0.05, 0) is 12.1 Å². The van der Waals surface area contributed by atoms with Crippen LogP contribution >= 0.6 is 12.0 Å². The highest BCUT2D eigenvalue weighted by atomic mass is 32.2. The summed E-state index contributed by atoms with van der Waals surface area (Å²) in [5.74, 6) is -2.35. The molecule has 1 rings (SSSR count). The average Bonchev–Trinajstić information content (AvgIpc) is 2.03. The molecule has 0 saturated heterocycles. The van der Waals surface area contributed by atoms with E-state index >= 15 is 0 Å². The third-order valence-electron chi connectivity index (χ3n) is 1.26. The van der Waals surface area contributed by atoms with Crippen molar-refractivity contribution in [3.8, 4) is 0 Å². The Morgan fingerprint density at radius 1 is 1.31 bits per heavy atom. The van der Waals surface area contributed by atoms with Crippen molar-refractivity contribution >= 4 is 18.0 Å². The topological polar surface area (TPSA) is 26.3 Å². The fourth-order valence-corrected chi connectivity index (χ4v) is 1.04. The van der Waals surface area contributed by atoms with Crippen LogP contribution in [0.25, 0.3) is 0 Å². The van der Waals surface area contributed by atoms with Crippen molar-refractivity contribution in [3.63, 3.8) is 0 Å². The molecule has 0 spiro atoms. The van der Waals surface area contributed by atoms with Crippen molar-refractivity contribution in [1.29, 1.82) is 0 Å². The van der Waals surface area contributed by atoms with Gasteiger partial charge in [0.15, 0.2) is 0 Å².